The van der Waals surface area contributed by atoms with Gasteiger partial charge in [-0.3, -0.25) is 4.79 Å². The fourth-order valence-corrected chi connectivity index (χ4v) is 4.48. The Morgan fingerprint density at radius 3 is 2.88 bits per heavy atom. The highest BCUT2D eigenvalue weighted by molar-refractivity contribution is 7.98. The monoisotopic (exact) mass is 372 g/mol. The van der Waals surface area contributed by atoms with Gasteiger partial charge >= 0.3 is 0 Å². The second-order valence-corrected chi connectivity index (χ2v) is 7.74. The van der Waals surface area contributed by atoms with E-state index in [9.17, 15) is 4.79 Å². The smallest absolute Gasteiger partial charge is 0.231 e. The molecule has 4 rings (SSSR count). The number of hydrogen-bond acceptors (Lipinski definition) is 6. The van der Waals surface area contributed by atoms with Gasteiger partial charge in [-0.1, -0.05) is 12.1 Å². The van der Waals surface area contributed by atoms with E-state index in [1.54, 1.807) is 18.0 Å². The molecule has 0 amide bonds. The van der Waals surface area contributed by atoms with Gasteiger partial charge < -0.3 is 13.9 Å². The van der Waals surface area contributed by atoms with Gasteiger partial charge in [-0.05, 0) is 41.3 Å². The van der Waals surface area contributed by atoms with Crippen molar-refractivity contribution in [3.8, 4) is 11.5 Å². The lowest BCUT2D eigenvalue weighted by Gasteiger charge is -2.16. The first-order valence-corrected chi connectivity index (χ1v) is 9.82. The highest BCUT2D eigenvalue weighted by atomic mass is 32.2. The number of fused-ring (bicyclic) bond motifs is 1. The molecule has 0 bridgehead atoms. The third kappa shape index (κ3) is 3.75. The lowest BCUT2D eigenvalue weighted by atomic mass is 10.1. The molecular weight excluding hydrogens is 356 g/mol. The predicted molar refractivity (Wildman–Crippen MR) is 98.6 cm³/mol. The van der Waals surface area contributed by atoms with Gasteiger partial charge in [0.2, 0.25) is 6.79 Å². The summed E-state index contributed by atoms with van der Waals surface area (Å²) in [6.07, 6.45) is 2.10. The Morgan fingerprint density at radius 1 is 1.16 bits per heavy atom. The van der Waals surface area contributed by atoms with Crippen LogP contribution in [0.25, 0.3) is 0 Å². The van der Waals surface area contributed by atoms with E-state index in [1.807, 2.05) is 47.8 Å². The molecule has 25 heavy (non-hydrogen) atoms. The molecular formula is C19H16O4S2. The van der Waals surface area contributed by atoms with Crippen LogP contribution in [0.4, 0.5) is 0 Å². The third-order valence-corrected chi connectivity index (χ3v) is 6.15. The third-order valence-electron chi connectivity index (χ3n) is 3.94. The summed E-state index contributed by atoms with van der Waals surface area (Å²) in [5, 5.41) is 1.95. The molecule has 0 aliphatic carbocycles. The Kier molecular flexibility index (Phi) is 4.81. The molecule has 0 radical (unpaired) electrons. The topological polar surface area (TPSA) is 48.7 Å². The normalized spacial score (nSPS) is 13.8. The van der Waals surface area contributed by atoms with E-state index in [-0.39, 0.29) is 17.8 Å². The second kappa shape index (κ2) is 7.37. The number of thioether (sulfide) groups is 1. The predicted octanol–water partition coefficient (Wildman–Crippen LogP) is 5.32. The van der Waals surface area contributed by atoms with Crippen LogP contribution in [0.15, 0.2) is 58.5 Å². The number of hydrogen-bond donors (Lipinski definition) is 0. The van der Waals surface area contributed by atoms with Crippen molar-refractivity contribution in [2.45, 2.75) is 17.4 Å². The van der Waals surface area contributed by atoms with Crippen LogP contribution in [0.2, 0.25) is 0 Å². The second-order valence-electron chi connectivity index (χ2n) is 5.60. The molecule has 128 valence electrons. The molecule has 2 aromatic heterocycles. The van der Waals surface area contributed by atoms with Gasteiger partial charge in [0, 0.05) is 11.7 Å². The van der Waals surface area contributed by atoms with Crippen molar-refractivity contribution < 1.29 is 18.7 Å². The molecule has 1 atom stereocenters. The van der Waals surface area contributed by atoms with E-state index in [0.29, 0.717) is 12.2 Å². The summed E-state index contributed by atoms with van der Waals surface area (Å²) in [5.41, 5.74) is 1.06. The van der Waals surface area contributed by atoms with Crippen LogP contribution in [-0.4, -0.2) is 12.6 Å². The summed E-state index contributed by atoms with van der Waals surface area (Å²) in [6.45, 7) is 0.247. The first-order valence-electron chi connectivity index (χ1n) is 7.90. The molecule has 3 heterocycles. The van der Waals surface area contributed by atoms with Crippen molar-refractivity contribution in [3.05, 3.63) is 70.3 Å². The minimum atomic E-state index is 0.0224. The van der Waals surface area contributed by atoms with E-state index < -0.39 is 0 Å². The lowest BCUT2D eigenvalue weighted by Crippen LogP contribution is -2.04. The van der Waals surface area contributed by atoms with E-state index in [1.165, 1.54) is 11.3 Å². The Morgan fingerprint density at radius 2 is 2.08 bits per heavy atom. The summed E-state index contributed by atoms with van der Waals surface area (Å²) in [4.78, 5) is 13.4. The van der Waals surface area contributed by atoms with Gasteiger partial charge in [0.25, 0.3) is 0 Å². The van der Waals surface area contributed by atoms with Gasteiger partial charge in [0.15, 0.2) is 17.3 Å². The highest BCUT2D eigenvalue weighted by Gasteiger charge is 2.22. The number of carbonyl (C=O) groups is 1. The average molecular weight is 372 g/mol. The molecule has 3 aromatic rings. The maximum Gasteiger partial charge on any atom is 0.231 e. The number of Topliss-reactive ketones (excluding diaryl/α,β-unsaturated/α-hetero) is 1. The van der Waals surface area contributed by atoms with Gasteiger partial charge in [0.1, 0.15) is 5.76 Å². The van der Waals surface area contributed by atoms with Gasteiger partial charge in [-0.2, -0.15) is 0 Å². The largest absolute Gasteiger partial charge is 0.468 e. The summed E-state index contributed by atoms with van der Waals surface area (Å²) >= 11 is 3.18. The minimum Gasteiger partial charge on any atom is -0.468 e. The van der Waals surface area contributed by atoms with Crippen molar-refractivity contribution in [1.82, 2.24) is 0 Å². The molecule has 0 N–H and O–H groups in total. The zero-order valence-electron chi connectivity index (χ0n) is 13.3. The molecule has 1 aromatic carbocycles. The first-order chi connectivity index (χ1) is 12.3. The summed E-state index contributed by atoms with van der Waals surface area (Å²) in [5.74, 6) is 3.26. The fraction of sp³-hybridized carbons (Fsp3) is 0.211. The van der Waals surface area contributed by atoms with Crippen LogP contribution < -0.4 is 9.47 Å². The highest BCUT2D eigenvalue weighted by Crippen LogP contribution is 2.41. The van der Waals surface area contributed by atoms with E-state index >= 15 is 0 Å². The number of ketones is 1. The number of furan rings is 1. The minimum absolute atomic E-state index is 0.0224. The van der Waals surface area contributed by atoms with E-state index in [4.69, 9.17) is 13.9 Å². The number of benzene rings is 1. The molecule has 4 nitrogen and oxygen atoms in total. The summed E-state index contributed by atoms with van der Waals surface area (Å²) < 4.78 is 16.3. The zero-order chi connectivity index (χ0) is 17.1. The SMILES string of the molecule is O=C(CC(SCc1ccco1)c1ccc2c(c1)OCO2)c1cccs1. The Balaban J connectivity index is 1.55. The molecule has 0 saturated heterocycles. The number of ether oxygens (including phenoxy) is 2. The van der Waals surface area contributed by atoms with E-state index in [2.05, 4.69) is 0 Å². The van der Waals surface area contributed by atoms with Crippen molar-refractivity contribution in [2.75, 3.05) is 6.79 Å². The van der Waals surface area contributed by atoms with Crippen LogP contribution in [0.3, 0.4) is 0 Å². The van der Waals surface area contributed by atoms with E-state index in [0.717, 1.165) is 27.7 Å². The molecule has 0 fully saturated rings. The Bertz CT molecular complexity index is 840. The van der Waals surface area contributed by atoms with Gasteiger partial charge in [0.05, 0.1) is 16.9 Å². The Labute approximate surface area is 153 Å². The summed E-state index contributed by atoms with van der Waals surface area (Å²) in [7, 11) is 0. The fourth-order valence-electron chi connectivity index (χ4n) is 2.67. The van der Waals surface area contributed by atoms with Crippen LogP contribution in [-0.2, 0) is 5.75 Å². The number of rotatable bonds is 7. The molecule has 1 unspecified atom stereocenters. The molecule has 1 aliphatic rings. The number of carbonyl (C=O) groups excluding carboxylic acids is 1. The van der Waals surface area contributed by atoms with Crippen LogP contribution in [0.1, 0.15) is 32.7 Å². The molecule has 6 heteroatoms. The van der Waals surface area contributed by atoms with Crippen LogP contribution in [0, 0.1) is 0 Å². The molecule has 0 saturated carbocycles. The van der Waals surface area contributed by atoms with Crippen LogP contribution in [0.5, 0.6) is 11.5 Å². The van der Waals surface area contributed by atoms with Crippen LogP contribution >= 0.6 is 23.1 Å². The number of thiophene rings is 1. The maximum absolute atomic E-state index is 12.6. The van der Waals surface area contributed by atoms with Crippen molar-refractivity contribution >= 4 is 28.9 Å². The van der Waals surface area contributed by atoms with Crippen molar-refractivity contribution in [2.24, 2.45) is 0 Å². The maximum atomic E-state index is 12.6. The average Bonchev–Trinajstić information content (AvgIpc) is 3.40. The molecule has 1 aliphatic heterocycles. The molecule has 0 spiro atoms. The zero-order valence-corrected chi connectivity index (χ0v) is 15.0. The quantitative estimate of drug-likeness (QED) is 0.526. The standard InChI is InChI=1S/C19H16O4S2/c20-15(18-4-2-8-24-18)10-19(25-11-14-3-1-7-21-14)13-5-6-16-17(9-13)23-12-22-16/h1-9,19H,10-12H2. The van der Waals surface area contributed by atoms with Gasteiger partial charge in [-0.15, -0.1) is 23.1 Å². The van der Waals surface area contributed by atoms with Crippen molar-refractivity contribution in [1.29, 1.82) is 0 Å². The van der Waals surface area contributed by atoms with Crippen molar-refractivity contribution in [3.63, 3.8) is 0 Å². The van der Waals surface area contributed by atoms with Gasteiger partial charge in [-0.25, -0.2) is 0 Å². The lowest BCUT2D eigenvalue weighted by molar-refractivity contribution is 0.0986. The first kappa shape index (κ1) is 16.3. The Hall–Kier alpha value is -2.18. The summed E-state index contributed by atoms with van der Waals surface area (Å²) in [6, 6.07) is 13.5.